The van der Waals surface area contributed by atoms with E-state index in [9.17, 15) is 0 Å². The molecule has 0 amide bonds. The average molecular weight is 261 g/mol. The molecule has 1 aromatic rings. The summed E-state index contributed by atoms with van der Waals surface area (Å²) < 4.78 is 0. The molecule has 5 heteroatoms. The van der Waals surface area contributed by atoms with E-state index in [1.54, 1.807) is 0 Å². The molecule has 2 atom stereocenters. The minimum absolute atomic E-state index is 0.619. The van der Waals surface area contributed by atoms with Crippen LogP contribution in [0.3, 0.4) is 0 Å². The standard InChI is InChI=1S/C14H23N5/c1-3-11-12(4-2)17-18-14(16-11)19-8-10-6-5-7-15-13(10)9-19/h10,13,15H,3-9H2,1-2H3. The molecule has 0 radical (unpaired) electrons. The predicted molar refractivity (Wildman–Crippen MR) is 75.3 cm³/mol. The Hall–Kier alpha value is -1.23. The van der Waals surface area contributed by atoms with Gasteiger partial charge in [0.15, 0.2) is 0 Å². The molecule has 104 valence electrons. The first kappa shape index (κ1) is 12.8. The number of anilines is 1. The molecule has 3 rings (SSSR count). The van der Waals surface area contributed by atoms with Crippen molar-refractivity contribution in [1.82, 2.24) is 20.5 Å². The quantitative estimate of drug-likeness (QED) is 0.885. The molecule has 2 aliphatic rings. The molecule has 1 aromatic heterocycles. The van der Waals surface area contributed by atoms with Crippen LogP contribution in [0.5, 0.6) is 0 Å². The SMILES string of the molecule is CCc1nnc(N2CC3CCCNC3C2)nc1CC. The van der Waals surface area contributed by atoms with Crippen molar-refractivity contribution in [1.29, 1.82) is 0 Å². The smallest absolute Gasteiger partial charge is 0.245 e. The van der Waals surface area contributed by atoms with Crippen LogP contribution < -0.4 is 10.2 Å². The van der Waals surface area contributed by atoms with Crippen molar-refractivity contribution in [3.05, 3.63) is 11.4 Å². The Morgan fingerprint density at radius 1 is 1.16 bits per heavy atom. The summed E-state index contributed by atoms with van der Waals surface area (Å²) in [4.78, 5) is 7.03. The van der Waals surface area contributed by atoms with Gasteiger partial charge in [0.05, 0.1) is 11.4 Å². The highest BCUT2D eigenvalue weighted by Crippen LogP contribution is 2.27. The van der Waals surface area contributed by atoms with Crippen LogP contribution in [0.1, 0.15) is 38.1 Å². The Balaban J connectivity index is 1.79. The molecule has 0 aromatic carbocycles. The summed E-state index contributed by atoms with van der Waals surface area (Å²) >= 11 is 0. The maximum atomic E-state index is 4.73. The number of nitrogens with zero attached hydrogens (tertiary/aromatic N) is 4. The molecule has 0 aliphatic carbocycles. The number of piperidine rings is 1. The zero-order valence-electron chi connectivity index (χ0n) is 11.9. The summed E-state index contributed by atoms with van der Waals surface area (Å²) in [6, 6.07) is 0.619. The fourth-order valence-electron chi connectivity index (χ4n) is 3.27. The average Bonchev–Trinajstić information content (AvgIpc) is 2.90. The fourth-order valence-corrected chi connectivity index (χ4v) is 3.27. The molecular formula is C14H23N5. The van der Waals surface area contributed by atoms with Gasteiger partial charge in [0.25, 0.3) is 0 Å². The second-order valence-electron chi connectivity index (χ2n) is 5.58. The molecule has 0 saturated carbocycles. The fraction of sp³-hybridized carbons (Fsp3) is 0.786. The van der Waals surface area contributed by atoms with Crippen molar-refractivity contribution in [2.24, 2.45) is 5.92 Å². The summed E-state index contributed by atoms with van der Waals surface area (Å²) in [5.41, 5.74) is 2.15. The van der Waals surface area contributed by atoms with E-state index in [1.807, 2.05) is 0 Å². The van der Waals surface area contributed by atoms with Crippen molar-refractivity contribution < 1.29 is 0 Å². The Bertz CT molecular complexity index is 433. The van der Waals surface area contributed by atoms with Gasteiger partial charge in [-0.15, -0.1) is 5.10 Å². The Morgan fingerprint density at radius 2 is 2.00 bits per heavy atom. The van der Waals surface area contributed by atoms with Crippen molar-refractivity contribution >= 4 is 5.95 Å². The summed E-state index contributed by atoms with van der Waals surface area (Å²) in [6.07, 6.45) is 4.47. The molecule has 0 bridgehead atoms. The predicted octanol–water partition coefficient (Wildman–Crippen LogP) is 1.18. The minimum atomic E-state index is 0.619. The molecule has 5 nitrogen and oxygen atoms in total. The Labute approximate surface area is 114 Å². The van der Waals surface area contributed by atoms with Gasteiger partial charge >= 0.3 is 0 Å². The lowest BCUT2D eigenvalue weighted by atomic mass is 9.94. The summed E-state index contributed by atoms with van der Waals surface area (Å²) in [5, 5.41) is 12.3. The molecule has 2 unspecified atom stereocenters. The summed E-state index contributed by atoms with van der Waals surface area (Å²) in [5.74, 6) is 1.58. The van der Waals surface area contributed by atoms with Gasteiger partial charge in [0.1, 0.15) is 0 Å². The van der Waals surface area contributed by atoms with Crippen molar-refractivity contribution in [3.8, 4) is 0 Å². The first-order valence-electron chi connectivity index (χ1n) is 7.52. The molecule has 2 saturated heterocycles. The Kier molecular flexibility index (Phi) is 3.64. The maximum Gasteiger partial charge on any atom is 0.245 e. The molecule has 0 spiro atoms. The van der Waals surface area contributed by atoms with E-state index in [1.165, 1.54) is 12.8 Å². The molecule has 19 heavy (non-hydrogen) atoms. The monoisotopic (exact) mass is 261 g/mol. The van der Waals surface area contributed by atoms with Gasteiger partial charge in [-0.25, -0.2) is 4.98 Å². The van der Waals surface area contributed by atoms with Crippen LogP contribution in [0.25, 0.3) is 0 Å². The van der Waals surface area contributed by atoms with Gasteiger partial charge in [0, 0.05) is 19.1 Å². The van der Waals surface area contributed by atoms with Crippen LogP contribution in [0.4, 0.5) is 5.95 Å². The second kappa shape index (κ2) is 5.41. The van der Waals surface area contributed by atoms with E-state index in [2.05, 4.69) is 34.3 Å². The highest BCUT2D eigenvalue weighted by Gasteiger charge is 2.35. The normalized spacial score (nSPS) is 26.5. The Morgan fingerprint density at radius 3 is 2.74 bits per heavy atom. The maximum absolute atomic E-state index is 4.73. The minimum Gasteiger partial charge on any atom is -0.338 e. The number of aryl methyl sites for hydroxylation is 2. The van der Waals surface area contributed by atoms with Gasteiger partial charge in [0.2, 0.25) is 5.95 Å². The van der Waals surface area contributed by atoms with Crippen LogP contribution in [0.2, 0.25) is 0 Å². The number of fused-ring (bicyclic) bond motifs is 1. The lowest BCUT2D eigenvalue weighted by Crippen LogP contribution is -2.40. The third-order valence-electron chi connectivity index (χ3n) is 4.38. The van der Waals surface area contributed by atoms with Gasteiger partial charge in [-0.3, -0.25) is 0 Å². The second-order valence-corrected chi connectivity index (χ2v) is 5.58. The van der Waals surface area contributed by atoms with Gasteiger partial charge < -0.3 is 10.2 Å². The highest BCUT2D eigenvalue weighted by molar-refractivity contribution is 5.33. The van der Waals surface area contributed by atoms with E-state index in [0.29, 0.717) is 6.04 Å². The van der Waals surface area contributed by atoms with Crippen molar-refractivity contribution in [3.63, 3.8) is 0 Å². The molecule has 1 N–H and O–H groups in total. The first-order chi connectivity index (χ1) is 9.31. The number of aromatic nitrogens is 3. The summed E-state index contributed by atoms with van der Waals surface area (Å²) in [6.45, 7) is 7.51. The van der Waals surface area contributed by atoms with Crippen molar-refractivity contribution in [2.75, 3.05) is 24.5 Å². The zero-order chi connectivity index (χ0) is 13.2. The van der Waals surface area contributed by atoms with Crippen LogP contribution in [0, 0.1) is 5.92 Å². The molecule has 2 aliphatic heterocycles. The van der Waals surface area contributed by atoms with E-state index in [0.717, 1.165) is 55.7 Å². The van der Waals surface area contributed by atoms with Crippen LogP contribution in [0.15, 0.2) is 0 Å². The van der Waals surface area contributed by atoms with Crippen LogP contribution in [-0.2, 0) is 12.8 Å². The number of nitrogens with one attached hydrogen (secondary N) is 1. The van der Waals surface area contributed by atoms with E-state index >= 15 is 0 Å². The van der Waals surface area contributed by atoms with Gasteiger partial charge in [-0.2, -0.15) is 5.10 Å². The third kappa shape index (κ3) is 2.43. The lowest BCUT2D eigenvalue weighted by Gasteiger charge is -2.24. The lowest BCUT2D eigenvalue weighted by molar-refractivity contribution is 0.340. The summed E-state index contributed by atoms with van der Waals surface area (Å²) in [7, 11) is 0. The van der Waals surface area contributed by atoms with Gasteiger partial charge in [-0.05, 0) is 38.1 Å². The van der Waals surface area contributed by atoms with E-state index < -0.39 is 0 Å². The van der Waals surface area contributed by atoms with Crippen LogP contribution >= 0.6 is 0 Å². The van der Waals surface area contributed by atoms with E-state index in [-0.39, 0.29) is 0 Å². The molecular weight excluding hydrogens is 238 g/mol. The van der Waals surface area contributed by atoms with Crippen LogP contribution in [-0.4, -0.2) is 40.9 Å². The number of rotatable bonds is 3. The molecule has 2 fully saturated rings. The highest BCUT2D eigenvalue weighted by atomic mass is 15.3. The third-order valence-corrected chi connectivity index (χ3v) is 4.38. The van der Waals surface area contributed by atoms with Crippen molar-refractivity contribution in [2.45, 2.75) is 45.6 Å². The number of hydrogen-bond donors (Lipinski definition) is 1. The van der Waals surface area contributed by atoms with E-state index in [4.69, 9.17) is 4.98 Å². The first-order valence-corrected chi connectivity index (χ1v) is 7.52. The zero-order valence-corrected chi connectivity index (χ0v) is 11.9. The number of hydrogen-bond acceptors (Lipinski definition) is 5. The van der Waals surface area contributed by atoms with Gasteiger partial charge in [-0.1, -0.05) is 13.8 Å². The largest absolute Gasteiger partial charge is 0.338 e. The molecule has 3 heterocycles. The topological polar surface area (TPSA) is 53.9 Å².